The van der Waals surface area contributed by atoms with Crippen molar-refractivity contribution in [2.45, 2.75) is 40.7 Å². The summed E-state index contributed by atoms with van der Waals surface area (Å²) in [5, 5.41) is 0.778. The van der Waals surface area contributed by atoms with E-state index in [4.69, 9.17) is 10.5 Å². The van der Waals surface area contributed by atoms with Crippen LogP contribution in [0.2, 0.25) is 0 Å². The number of aryl methyl sites for hydroxylation is 2. The molecule has 2 aromatic rings. The Morgan fingerprint density at radius 1 is 1.33 bits per heavy atom. The van der Waals surface area contributed by atoms with Gasteiger partial charge in [0.25, 0.3) is 5.91 Å². The molecule has 0 saturated heterocycles. The molecule has 7 heteroatoms. The summed E-state index contributed by atoms with van der Waals surface area (Å²) in [5.41, 5.74) is 8.33. The van der Waals surface area contributed by atoms with Crippen molar-refractivity contribution in [1.29, 1.82) is 0 Å². The fraction of sp³-hybridized carbons (Fsp3) is 0.471. The molecule has 0 aliphatic heterocycles. The van der Waals surface area contributed by atoms with Crippen molar-refractivity contribution in [1.82, 2.24) is 9.88 Å². The number of carbonyl (C=O) groups is 2. The number of nitrogen functional groups attached to an aromatic ring is 1. The van der Waals surface area contributed by atoms with Crippen molar-refractivity contribution >= 4 is 39.1 Å². The van der Waals surface area contributed by atoms with Crippen LogP contribution in [0, 0.1) is 13.8 Å². The highest BCUT2D eigenvalue weighted by molar-refractivity contribution is 7.21. The van der Waals surface area contributed by atoms with Crippen LogP contribution in [0.1, 0.15) is 41.7 Å². The molecule has 1 amide bonds. The Kier molecular flexibility index (Phi) is 5.43. The molecule has 0 spiro atoms. The van der Waals surface area contributed by atoms with E-state index < -0.39 is 12.1 Å². The number of amides is 1. The highest BCUT2D eigenvalue weighted by atomic mass is 32.1. The number of nitrogens with zero attached hydrogens (tertiary/aromatic N) is 2. The van der Waals surface area contributed by atoms with E-state index >= 15 is 0 Å². The lowest BCUT2D eigenvalue weighted by atomic mass is 10.1. The van der Waals surface area contributed by atoms with E-state index in [9.17, 15) is 9.59 Å². The average molecular weight is 349 g/mol. The third-order valence-electron chi connectivity index (χ3n) is 3.92. The number of aromatic nitrogens is 1. The molecule has 0 saturated carbocycles. The number of hydrogen-bond donors (Lipinski definition) is 1. The number of pyridine rings is 1. The van der Waals surface area contributed by atoms with E-state index in [2.05, 4.69) is 4.98 Å². The number of nitrogens with two attached hydrogens (primary N) is 1. The number of anilines is 1. The van der Waals surface area contributed by atoms with E-state index in [0.717, 1.165) is 16.6 Å². The van der Waals surface area contributed by atoms with E-state index in [1.165, 1.54) is 11.3 Å². The van der Waals surface area contributed by atoms with Crippen LogP contribution in [0.25, 0.3) is 10.2 Å². The molecule has 0 fully saturated rings. The van der Waals surface area contributed by atoms with Gasteiger partial charge in [-0.25, -0.2) is 9.78 Å². The summed E-state index contributed by atoms with van der Waals surface area (Å²) in [6, 6.07) is 1.92. The molecular formula is C17H23N3O3S. The van der Waals surface area contributed by atoms with Gasteiger partial charge in [0.15, 0.2) is 6.10 Å². The van der Waals surface area contributed by atoms with Gasteiger partial charge in [0.1, 0.15) is 9.71 Å². The van der Waals surface area contributed by atoms with Gasteiger partial charge in [-0.15, -0.1) is 11.3 Å². The van der Waals surface area contributed by atoms with E-state index in [-0.39, 0.29) is 5.91 Å². The number of esters is 1. The van der Waals surface area contributed by atoms with Crippen molar-refractivity contribution in [2.75, 3.05) is 18.8 Å². The molecule has 2 heterocycles. The molecule has 0 aliphatic rings. The molecule has 24 heavy (non-hydrogen) atoms. The molecule has 0 unspecified atom stereocenters. The SMILES string of the molecule is CCN(CC)C(=O)[C@H](C)OC(=O)c1sc2nc(C)cc(C)c2c1N. The largest absolute Gasteiger partial charge is 0.448 e. The second-order valence-electron chi connectivity index (χ2n) is 5.66. The summed E-state index contributed by atoms with van der Waals surface area (Å²) in [5.74, 6) is -0.793. The van der Waals surface area contributed by atoms with Crippen LogP contribution < -0.4 is 5.73 Å². The van der Waals surface area contributed by atoms with Crippen molar-refractivity contribution < 1.29 is 14.3 Å². The average Bonchev–Trinajstić information content (AvgIpc) is 2.85. The van der Waals surface area contributed by atoms with Crippen molar-refractivity contribution in [3.05, 3.63) is 22.2 Å². The van der Waals surface area contributed by atoms with Crippen LogP contribution >= 0.6 is 11.3 Å². The number of fused-ring (bicyclic) bond motifs is 1. The predicted octanol–water partition coefficient (Wildman–Crippen LogP) is 2.91. The van der Waals surface area contributed by atoms with Crippen LogP contribution in [0.15, 0.2) is 6.07 Å². The number of likely N-dealkylation sites (N-methyl/N-ethyl adjacent to an activating group) is 1. The maximum absolute atomic E-state index is 12.5. The first-order chi connectivity index (χ1) is 11.3. The topological polar surface area (TPSA) is 85.5 Å². The molecule has 0 aromatic carbocycles. The third-order valence-corrected chi connectivity index (χ3v) is 5.00. The van der Waals surface area contributed by atoms with Gasteiger partial charge < -0.3 is 15.4 Å². The normalized spacial score (nSPS) is 12.2. The Labute approximate surface area is 145 Å². The standard InChI is InChI=1S/C17H23N3O3S/c1-6-20(7-2)16(21)11(5)23-17(22)14-13(18)12-9(3)8-10(4)19-15(12)24-14/h8,11H,6-7,18H2,1-5H3/t11-/m0/s1. The Morgan fingerprint density at radius 3 is 2.54 bits per heavy atom. The first-order valence-corrected chi connectivity index (χ1v) is 8.77. The summed E-state index contributed by atoms with van der Waals surface area (Å²) in [7, 11) is 0. The highest BCUT2D eigenvalue weighted by Crippen LogP contribution is 2.35. The van der Waals surface area contributed by atoms with E-state index in [0.29, 0.717) is 28.5 Å². The second-order valence-corrected chi connectivity index (χ2v) is 6.66. The fourth-order valence-electron chi connectivity index (χ4n) is 2.68. The number of thiophene rings is 1. The van der Waals surface area contributed by atoms with Crippen molar-refractivity contribution in [3.63, 3.8) is 0 Å². The van der Waals surface area contributed by atoms with Crippen molar-refractivity contribution in [2.24, 2.45) is 0 Å². The third kappa shape index (κ3) is 3.36. The van der Waals surface area contributed by atoms with Crippen LogP contribution in [0.4, 0.5) is 5.69 Å². The Balaban J connectivity index is 2.27. The zero-order valence-corrected chi connectivity index (χ0v) is 15.5. The summed E-state index contributed by atoms with van der Waals surface area (Å²) in [4.78, 5) is 31.7. The Morgan fingerprint density at radius 2 is 1.96 bits per heavy atom. The first-order valence-electron chi connectivity index (χ1n) is 7.96. The van der Waals surface area contributed by atoms with Crippen LogP contribution in [-0.2, 0) is 9.53 Å². The smallest absolute Gasteiger partial charge is 0.351 e. The lowest BCUT2D eigenvalue weighted by Gasteiger charge is -2.22. The number of ether oxygens (including phenoxy) is 1. The van der Waals surface area contributed by atoms with Crippen LogP contribution in [0.3, 0.4) is 0 Å². The predicted molar refractivity (Wildman–Crippen MR) is 96.3 cm³/mol. The molecule has 0 radical (unpaired) electrons. The van der Waals surface area contributed by atoms with Gasteiger partial charge in [-0.2, -0.15) is 0 Å². The molecule has 6 nitrogen and oxygen atoms in total. The van der Waals surface area contributed by atoms with Crippen LogP contribution in [0.5, 0.6) is 0 Å². The molecular weight excluding hydrogens is 326 g/mol. The zero-order chi connectivity index (χ0) is 18.0. The quantitative estimate of drug-likeness (QED) is 0.839. The summed E-state index contributed by atoms with van der Waals surface area (Å²) in [6.45, 7) is 10.3. The van der Waals surface area contributed by atoms with Gasteiger partial charge in [-0.3, -0.25) is 4.79 Å². The van der Waals surface area contributed by atoms with Gasteiger partial charge in [0, 0.05) is 24.2 Å². The molecule has 0 bridgehead atoms. The summed E-state index contributed by atoms with van der Waals surface area (Å²) < 4.78 is 5.34. The number of carbonyl (C=O) groups excluding carboxylic acids is 2. The number of hydrogen-bond acceptors (Lipinski definition) is 6. The van der Waals surface area contributed by atoms with E-state index in [1.807, 2.05) is 33.8 Å². The molecule has 0 aliphatic carbocycles. The summed E-state index contributed by atoms with van der Waals surface area (Å²) >= 11 is 1.20. The zero-order valence-electron chi connectivity index (χ0n) is 14.7. The second kappa shape index (κ2) is 7.17. The van der Waals surface area contributed by atoms with Gasteiger partial charge in [0.2, 0.25) is 0 Å². The minimum absolute atomic E-state index is 0.210. The first kappa shape index (κ1) is 18.2. The molecule has 1 atom stereocenters. The summed E-state index contributed by atoms with van der Waals surface area (Å²) in [6.07, 6.45) is -0.849. The molecule has 2 aromatic heterocycles. The maximum Gasteiger partial charge on any atom is 0.351 e. The molecule has 130 valence electrons. The van der Waals surface area contributed by atoms with Gasteiger partial charge in [0.05, 0.1) is 5.69 Å². The lowest BCUT2D eigenvalue weighted by molar-refractivity contribution is -0.139. The van der Waals surface area contributed by atoms with Gasteiger partial charge in [-0.1, -0.05) is 0 Å². The minimum atomic E-state index is -0.849. The maximum atomic E-state index is 12.5. The monoisotopic (exact) mass is 349 g/mol. The fourth-order valence-corrected chi connectivity index (χ4v) is 3.78. The van der Waals surface area contributed by atoms with E-state index in [1.54, 1.807) is 11.8 Å². The van der Waals surface area contributed by atoms with Gasteiger partial charge >= 0.3 is 5.97 Å². The minimum Gasteiger partial charge on any atom is -0.448 e. The van der Waals surface area contributed by atoms with Crippen LogP contribution in [-0.4, -0.2) is 41.0 Å². The lowest BCUT2D eigenvalue weighted by Crippen LogP contribution is -2.39. The Bertz CT molecular complexity index is 781. The van der Waals surface area contributed by atoms with Gasteiger partial charge in [-0.05, 0) is 46.2 Å². The molecule has 2 rings (SSSR count). The van der Waals surface area contributed by atoms with Crippen molar-refractivity contribution in [3.8, 4) is 0 Å². The Hall–Kier alpha value is -2.15. The highest BCUT2D eigenvalue weighted by Gasteiger charge is 2.26. The molecule has 2 N–H and O–H groups in total. The number of rotatable bonds is 5.